The van der Waals surface area contributed by atoms with Gasteiger partial charge in [-0.25, -0.2) is 0 Å². The molecule has 7 heteroatoms. The van der Waals surface area contributed by atoms with Gasteiger partial charge in [-0.2, -0.15) is 0 Å². The van der Waals surface area contributed by atoms with Crippen LogP contribution >= 0.6 is 47.2 Å². The molecule has 2 saturated heterocycles. The Labute approximate surface area is 228 Å². The third-order valence-electron chi connectivity index (χ3n) is 12.4. The monoisotopic (exact) mass is 616 g/mol. The molecular formula is C26H47Cl2IN2O2. The highest BCUT2D eigenvalue weighted by Crippen LogP contribution is 2.88. The molecule has 0 radical (unpaired) electrons. The van der Waals surface area contributed by atoms with E-state index in [1.807, 2.05) is 0 Å². The molecule has 0 bridgehead atoms. The molecule has 0 aromatic heterocycles. The van der Waals surface area contributed by atoms with Crippen molar-refractivity contribution in [1.29, 1.82) is 0 Å². The number of fused-ring (bicyclic) bond motifs is 2. The van der Waals surface area contributed by atoms with E-state index in [0.29, 0.717) is 57.8 Å². The van der Waals surface area contributed by atoms with Crippen LogP contribution in [-0.4, -0.2) is 65.9 Å². The molecule has 4 aliphatic carbocycles. The minimum absolute atomic E-state index is 0. The Hall–Kier alpha value is 1.15. The summed E-state index contributed by atoms with van der Waals surface area (Å²) in [6, 6.07) is 0.790. The van der Waals surface area contributed by atoms with E-state index in [9.17, 15) is 10.2 Å². The molecule has 6 rings (SSSR count). The van der Waals surface area contributed by atoms with Gasteiger partial charge < -0.3 is 20.4 Å². The Kier molecular flexibility index (Phi) is 8.24. The summed E-state index contributed by atoms with van der Waals surface area (Å²) in [7, 11) is 2.18. The average Bonchev–Trinajstić information content (AvgIpc) is 3.06. The van der Waals surface area contributed by atoms with Crippen LogP contribution in [0, 0.1) is 32.5 Å². The Bertz CT molecular complexity index is 712. The van der Waals surface area contributed by atoms with Crippen LogP contribution in [0.5, 0.6) is 0 Å². The van der Waals surface area contributed by atoms with Crippen molar-refractivity contribution >= 4 is 47.2 Å². The molecule has 4 spiro atoms. The minimum Gasteiger partial charge on any atom is -0.395 e. The summed E-state index contributed by atoms with van der Waals surface area (Å²) in [6.45, 7) is 12.8. The first-order valence-corrected chi connectivity index (χ1v) is 13.9. The topological polar surface area (TPSA) is 55.7 Å². The van der Waals surface area contributed by atoms with Gasteiger partial charge in [0.1, 0.15) is 0 Å². The van der Waals surface area contributed by atoms with Crippen molar-refractivity contribution < 1.29 is 10.2 Å². The Morgan fingerprint density at radius 3 is 1.61 bits per heavy atom. The lowest BCUT2D eigenvalue weighted by Gasteiger charge is -2.32. The number of aliphatic hydroxyl groups excluding tert-OH is 2. The molecule has 0 aromatic carbocycles. The summed E-state index contributed by atoms with van der Waals surface area (Å²) in [5.41, 5.74) is 3.42. The maximum Gasteiger partial charge on any atom is 0.0967 e. The second-order valence-electron chi connectivity index (χ2n) is 12.8. The predicted molar refractivity (Wildman–Crippen MR) is 149 cm³/mol. The Balaban J connectivity index is 0.000000162. The number of hydrogen-bond donors (Lipinski definition) is 3. The molecule has 2 heterocycles. The van der Waals surface area contributed by atoms with Gasteiger partial charge in [0.25, 0.3) is 0 Å². The summed E-state index contributed by atoms with van der Waals surface area (Å²) >= 11 is 9.53. The van der Waals surface area contributed by atoms with Crippen molar-refractivity contribution in [1.82, 2.24) is 10.2 Å². The fourth-order valence-corrected chi connectivity index (χ4v) is 9.82. The summed E-state index contributed by atoms with van der Waals surface area (Å²) in [5, 5.41) is 22.3. The molecule has 4 saturated carbocycles. The van der Waals surface area contributed by atoms with E-state index in [2.05, 4.69) is 45.0 Å². The van der Waals surface area contributed by atoms with Crippen LogP contribution < -0.4 is 5.32 Å². The van der Waals surface area contributed by atoms with E-state index in [1.54, 1.807) is 0 Å². The quantitative estimate of drug-likeness (QED) is 0.285. The Morgan fingerprint density at radius 2 is 1.30 bits per heavy atom. The smallest absolute Gasteiger partial charge is 0.0967 e. The van der Waals surface area contributed by atoms with Crippen molar-refractivity contribution in [2.24, 2.45) is 32.5 Å². The molecule has 33 heavy (non-hydrogen) atoms. The van der Waals surface area contributed by atoms with Crippen molar-refractivity contribution in [3.8, 4) is 0 Å². The highest BCUT2D eigenvalue weighted by molar-refractivity contribution is 14.0. The number of nitrogens with zero attached hydrogens (tertiary/aromatic N) is 1. The number of likely N-dealkylation sites (tertiary alicyclic amines) is 1. The van der Waals surface area contributed by atoms with Gasteiger partial charge in [-0.3, -0.25) is 0 Å². The number of likely N-dealkylation sites (N-methyl/N-ethyl adjacent to an activating group) is 1. The molecule has 6 aliphatic rings. The molecule has 3 N–H and O–H groups in total. The molecule has 2 aliphatic heterocycles. The molecule has 0 amide bonds. The molecule has 4 atom stereocenters. The van der Waals surface area contributed by atoms with Gasteiger partial charge in [-0.1, -0.05) is 40.5 Å². The van der Waals surface area contributed by atoms with Crippen LogP contribution in [0.2, 0.25) is 0 Å². The summed E-state index contributed by atoms with van der Waals surface area (Å²) in [6.07, 6.45) is 11.0. The second kappa shape index (κ2) is 9.47. The van der Waals surface area contributed by atoms with Crippen molar-refractivity contribution in [3.05, 3.63) is 0 Å². The van der Waals surface area contributed by atoms with Crippen molar-refractivity contribution in [2.45, 2.75) is 91.1 Å². The zero-order valence-electron chi connectivity index (χ0n) is 21.4. The molecule has 194 valence electrons. The highest BCUT2D eigenvalue weighted by atomic mass is 127. The Morgan fingerprint density at radius 1 is 0.818 bits per heavy atom. The maximum atomic E-state index is 9.39. The SMILES string of the molecule is CC1(C)C2(CCC2)[C@]12CN[C@H](CO)C2.CN1C[C@]2(C[C@H]1CO)C(C)(C)C21CCC1.ClCCl.I. The van der Waals surface area contributed by atoms with Gasteiger partial charge in [0, 0.05) is 25.2 Å². The van der Waals surface area contributed by atoms with Gasteiger partial charge in [-0.05, 0) is 78.1 Å². The van der Waals surface area contributed by atoms with E-state index >= 15 is 0 Å². The number of halogens is 3. The fourth-order valence-electron chi connectivity index (χ4n) is 9.82. The summed E-state index contributed by atoms with van der Waals surface area (Å²) in [5.74, 6) is 0. The van der Waals surface area contributed by atoms with Gasteiger partial charge in [0.05, 0.1) is 18.6 Å². The third-order valence-corrected chi connectivity index (χ3v) is 12.4. The molecule has 0 aromatic rings. The van der Waals surface area contributed by atoms with Crippen LogP contribution in [0.3, 0.4) is 0 Å². The van der Waals surface area contributed by atoms with Gasteiger partial charge in [-0.15, -0.1) is 47.2 Å². The number of rotatable bonds is 2. The summed E-state index contributed by atoms with van der Waals surface area (Å²) in [4.78, 5) is 2.38. The molecule has 6 fully saturated rings. The van der Waals surface area contributed by atoms with Crippen molar-refractivity contribution in [3.63, 3.8) is 0 Å². The second-order valence-corrected chi connectivity index (χ2v) is 13.6. The normalized spacial score (nSPS) is 41.4. The standard InChI is InChI=1S/C13H23NO.C12H21NO.CH2Cl2.HI/c1-11(2)12(5-4-6-12)13(11)7-10(8-15)14(3)9-13;1-10(2)11(4-3-5-11)12(10)6-9(7-14)13-8-12;2-1-3;/h10,15H,4-9H2,1-3H3;9,13-14H,3-8H2,1-2H3;1H2;1H/t10-,13+;9-,12+;;/m00../s1. The van der Waals surface area contributed by atoms with Gasteiger partial charge in [0.2, 0.25) is 0 Å². The van der Waals surface area contributed by atoms with E-state index < -0.39 is 0 Å². The van der Waals surface area contributed by atoms with Crippen molar-refractivity contribution in [2.75, 3.05) is 38.7 Å². The lowest BCUT2D eigenvalue weighted by Crippen LogP contribution is -2.28. The first kappa shape index (κ1) is 28.7. The highest BCUT2D eigenvalue weighted by Gasteiger charge is 2.84. The average molecular weight is 617 g/mol. The fraction of sp³-hybridized carbons (Fsp3) is 1.00. The number of nitrogens with one attached hydrogen (secondary N) is 1. The van der Waals surface area contributed by atoms with Crippen LogP contribution in [0.4, 0.5) is 0 Å². The molecule has 4 nitrogen and oxygen atoms in total. The van der Waals surface area contributed by atoms with Gasteiger partial charge in [0.15, 0.2) is 0 Å². The van der Waals surface area contributed by atoms with Crippen LogP contribution in [0.15, 0.2) is 0 Å². The maximum absolute atomic E-state index is 9.39. The van der Waals surface area contributed by atoms with E-state index in [1.165, 1.54) is 57.9 Å². The van der Waals surface area contributed by atoms with Crippen LogP contribution in [0.25, 0.3) is 0 Å². The predicted octanol–water partition coefficient (Wildman–Crippen LogP) is 5.46. The summed E-state index contributed by atoms with van der Waals surface area (Å²) < 4.78 is 0. The molecular weight excluding hydrogens is 570 g/mol. The van der Waals surface area contributed by atoms with E-state index in [4.69, 9.17) is 23.2 Å². The third kappa shape index (κ3) is 3.48. The largest absolute Gasteiger partial charge is 0.395 e. The lowest BCUT2D eigenvalue weighted by atomic mass is 9.73. The minimum atomic E-state index is 0. The zero-order chi connectivity index (χ0) is 23.6. The van der Waals surface area contributed by atoms with Gasteiger partial charge >= 0.3 is 0 Å². The first-order valence-electron chi connectivity index (χ1n) is 12.8. The van der Waals surface area contributed by atoms with E-state index in [0.717, 1.165) is 6.54 Å². The number of hydrogen-bond acceptors (Lipinski definition) is 4. The van der Waals surface area contributed by atoms with Crippen LogP contribution in [0.1, 0.15) is 79.1 Å². The first-order chi connectivity index (χ1) is 15.0. The molecule has 0 unspecified atom stereocenters. The number of alkyl halides is 2. The lowest BCUT2D eigenvalue weighted by molar-refractivity contribution is 0.181. The number of aliphatic hydroxyl groups is 2. The van der Waals surface area contributed by atoms with Crippen LogP contribution in [-0.2, 0) is 0 Å². The zero-order valence-corrected chi connectivity index (χ0v) is 25.2. The van der Waals surface area contributed by atoms with E-state index in [-0.39, 0.29) is 29.3 Å².